The highest BCUT2D eigenvalue weighted by molar-refractivity contribution is 7.98. The molecule has 0 bridgehead atoms. The number of amides is 1. The number of benzene rings is 1. The van der Waals surface area contributed by atoms with Crippen LogP contribution >= 0.6 is 11.8 Å². The number of aromatic nitrogens is 2. The van der Waals surface area contributed by atoms with E-state index in [-0.39, 0.29) is 5.91 Å². The number of anilines is 1. The minimum Gasteiger partial charge on any atom is -0.322 e. The molecule has 92 valence electrons. The fraction of sp³-hybridized carbons (Fsp3) is 0.0833. The van der Waals surface area contributed by atoms with Gasteiger partial charge >= 0.3 is 0 Å². The van der Waals surface area contributed by atoms with Gasteiger partial charge in [-0.3, -0.25) is 4.79 Å². The first-order chi connectivity index (χ1) is 8.69. The lowest BCUT2D eigenvalue weighted by Gasteiger charge is -2.04. The van der Waals surface area contributed by atoms with Crippen molar-refractivity contribution in [2.24, 2.45) is 0 Å². The molecule has 0 aliphatic carbocycles. The van der Waals surface area contributed by atoms with E-state index in [1.165, 1.54) is 42.4 Å². The lowest BCUT2D eigenvalue weighted by Crippen LogP contribution is -2.12. The first-order valence-electron chi connectivity index (χ1n) is 5.12. The second-order valence-corrected chi connectivity index (χ2v) is 4.20. The summed E-state index contributed by atoms with van der Waals surface area (Å²) in [4.78, 5) is 19.8. The smallest absolute Gasteiger partial charge is 0.258 e. The molecule has 0 atom stereocenters. The first-order valence-corrected chi connectivity index (χ1v) is 6.34. The van der Waals surface area contributed by atoms with E-state index in [9.17, 15) is 9.18 Å². The van der Waals surface area contributed by atoms with Crippen molar-refractivity contribution in [3.8, 4) is 0 Å². The van der Waals surface area contributed by atoms with Crippen LogP contribution in [-0.4, -0.2) is 22.1 Å². The predicted molar refractivity (Wildman–Crippen MR) is 68.2 cm³/mol. The zero-order valence-electron chi connectivity index (χ0n) is 9.55. The highest BCUT2D eigenvalue weighted by Gasteiger charge is 2.07. The van der Waals surface area contributed by atoms with Gasteiger partial charge in [-0.15, -0.1) is 0 Å². The van der Waals surface area contributed by atoms with Crippen LogP contribution in [-0.2, 0) is 0 Å². The molecular weight excluding hydrogens is 253 g/mol. The molecule has 0 aliphatic rings. The maximum absolute atomic E-state index is 12.9. The summed E-state index contributed by atoms with van der Waals surface area (Å²) in [6, 6.07) is 5.69. The van der Waals surface area contributed by atoms with Crippen molar-refractivity contribution in [2.75, 3.05) is 11.6 Å². The third-order valence-electron chi connectivity index (χ3n) is 2.16. The van der Waals surface area contributed by atoms with E-state index in [1.54, 1.807) is 6.07 Å². The summed E-state index contributed by atoms with van der Waals surface area (Å²) < 4.78 is 12.9. The van der Waals surface area contributed by atoms with Gasteiger partial charge in [0.15, 0.2) is 5.16 Å². The number of nitrogens with one attached hydrogen (secondary N) is 1. The number of halogens is 1. The summed E-state index contributed by atoms with van der Waals surface area (Å²) in [7, 11) is 0. The van der Waals surface area contributed by atoms with Crippen molar-refractivity contribution in [1.29, 1.82) is 0 Å². The van der Waals surface area contributed by atoms with Crippen LogP contribution in [0.25, 0.3) is 0 Å². The van der Waals surface area contributed by atoms with Gasteiger partial charge < -0.3 is 5.32 Å². The van der Waals surface area contributed by atoms with Crippen molar-refractivity contribution in [3.05, 3.63) is 48.0 Å². The van der Waals surface area contributed by atoms with Gasteiger partial charge in [0.05, 0.1) is 5.56 Å². The lowest BCUT2D eigenvalue weighted by atomic mass is 10.2. The number of thioether (sulfide) groups is 1. The van der Waals surface area contributed by atoms with Crippen LogP contribution in [0.15, 0.2) is 41.8 Å². The van der Waals surface area contributed by atoms with Crippen LogP contribution in [0.1, 0.15) is 10.4 Å². The summed E-state index contributed by atoms with van der Waals surface area (Å²) >= 11 is 1.39. The normalized spacial score (nSPS) is 10.1. The summed E-state index contributed by atoms with van der Waals surface area (Å²) in [5.41, 5.74) is 0.728. The molecule has 0 radical (unpaired) electrons. The van der Waals surface area contributed by atoms with Crippen LogP contribution in [0.4, 0.5) is 10.1 Å². The SMILES string of the molecule is CSc1ncc(C(=O)Nc2cccc(F)c2)cn1. The van der Waals surface area contributed by atoms with Crippen LogP contribution in [0.5, 0.6) is 0 Å². The van der Waals surface area contributed by atoms with Crippen LogP contribution < -0.4 is 5.32 Å². The highest BCUT2D eigenvalue weighted by atomic mass is 32.2. The monoisotopic (exact) mass is 263 g/mol. The van der Waals surface area contributed by atoms with Crippen molar-refractivity contribution in [2.45, 2.75) is 5.16 Å². The van der Waals surface area contributed by atoms with Crippen LogP contribution in [0.3, 0.4) is 0 Å². The fourth-order valence-electron chi connectivity index (χ4n) is 1.31. The molecule has 0 unspecified atom stereocenters. The Labute approximate surface area is 108 Å². The van der Waals surface area contributed by atoms with Gasteiger partial charge in [0, 0.05) is 18.1 Å². The Bertz CT molecular complexity index is 560. The van der Waals surface area contributed by atoms with Crippen LogP contribution in [0, 0.1) is 5.82 Å². The topological polar surface area (TPSA) is 54.9 Å². The number of hydrogen-bond donors (Lipinski definition) is 1. The zero-order chi connectivity index (χ0) is 13.0. The molecule has 1 heterocycles. The molecule has 1 aromatic heterocycles. The minimum absolute atomic E-state index is 0.331. The average molecular weight is 263 g/mol. The van der Waals surface area contributed by atoms with Gasteiger partial charge in [-0.2, -0.15) is 0 Å². The highest BCUT2D eigenvalue weighted by Crippen LogP contribution is 2.12. The summed E-state index contributed by atoms with van der Waals surface area (Å²) in [5, 5.41) is 3.17. The number of carbonyl (C=O) groups is 1. The fourth-order valence-corrected chi connectivity index (χ4v) is 1.62. The summed E-state index contributed by atoms with van der Waals surface area (Å²) in [5.74, 6) is -0.768. The number of nitrogens with zero attached hydrogens (tertiary/aromatic N) is 2. The molecule has 6 heteroatoms. The third-order valence-corrected chi connectivity index (χ3v) is 2.73. The summed E-state index contributed by atoms with van der Waals surface area (Å²) in [6.45, 7) is 0. The molecule has 2 rings (SSSR count). The van der Waals surface area contributed by atoms with Crippen molar-refractivity contribution < 1.29 is 9.18 Å². The third kappa shape index (κ3) is 3.04. The maximum atomic E-state index is 12.9. The Morgan fingerprint density at radius 2 is 2.06 bits per heavy atom. The van der Waals surface area contributed by atoms with Gasteiger partial charge in [-0.1, -0.05) is 17.8 Å². The standard InChI is InChI=1S/C12H10FN3OS/c1-18-12-14-6-8(7-15-12)11(17)16-10-4-2-3-9(13)5-10/h2-7H,1H3,(H,16,17). The van der Waals surface area contributed by atoms with Crippen molar-refractivity contribution in [3.63, 3.8) is 0 Å². The molecule has 0 fully saturated rings. The number of rotatable bonds is 3. The van der Waals surface area contributed by atoms with Gasteiger partial charge in [0.2, 0.25) is 0 Å². The van der Waals surface area contributed by atoms with Gasteiger partial charge in [0.25, 0.3) is 5.91 Å². The second kappa shape index (κ2) is 5.59. The van der Waals surface area contributed by atoms with Crippen molar-refractivity contribution in [1.82, 2.24) is 9.97 Å². The van der Waals surface area contributed by atoms with E-state index in [0.29, 0.717) is 16.4 Å². The minimum atomic E-state index is -0.401. The van der Waals surface area contributed by atoms with E-state index >= 15 is 0 Å². The Hall–Kier alpha value is -1.95. The average Bonchev–Trinajstić information content (AvgIpc) is 2.39. The number of hydrogen-bond acceptors (Lipinski definition) is 4. The molecule has 2 aromatic rings. The first kappa shape index (κ1) is 12.5. The molecular formula is C12H10FN3OS. The van der Waals surface area contributed by atoms with Gasteiger partial charge in [-0.25, -0.2) is 14.4 Å². The van der Waals surface area contributed by atoms with E-state index in [1.807, 2.05) is 6.26 Å². The molecule has 0 saturated carbocycles. The van der Waals surface area contributed by atoms with E-state index in [2.05, 4.69) is 15.3 Å². The molecule has 1 aromatic carbocycles. The molecule has 18 heavy (non-hydrogen) atoms. The Balaban J connectivity index is 2.11. The Morgan fingerprint density at radius 1 is 1.33 bits per heavy atom. The molecule has 1 amide bonds. The van der Waals surface area contributed by atoms with E-state index < -0.39 is 5.82 Å². The zero-order valence-corrected chi connectivity index (χ0v) is 10.4. The molecule has 0 aliphatic heterocycles. The maximum Gasteiger partial charge on any atom is 0.258 e. The Morgan fingerprint density at radius 3 is 2.67 bits per heavy atom. The quantitative estimate of drug-likeness (QED) is 0.683. The molecule has 4 nitrogen and oxygen atoms in total. The molecule has 0 spiro atoms. The van der Waals surface area contributed by atoms with E-state index in [0.717, 1.165) is 0 Å². The largest absolute Gasteiger partial charge is 0.322 e. The Kier molecular flexibility index (Phi) is 3.88. The second-order valence-electron chi connectivity index (χ2n) is 3.42. The van der Waals surface area contributed by atoms with Gasteiger partial charge in [-0.05, 0) is 24.5 Å². The van der Waals surface area contributed by atoms with Crippen LogP contribution in [0.2, 0.25) is 0 Å². The van der Waals surface area contributed by atoms with Gasteiger partial charge in [0.1, 0.15) is 5.82 Å². The van der Waals surface area contributed by atoms with Crippen molar-refractivity contribution >= 4 is 23.4 Å². The predicted octanol–water partition coefficient (Wildman–Crippen LogP) is 2.59. The summed E-state index contributed by atoms with van der Waals surface area (Å²) in [6.07, 6.45) is 4.72. The lowest BCUT2D eigenvalue weighted by molar-refractivity contribution is 0.102. The number of carbonyl (C=O) groups excluding carboxylic acids is 1. The van der Waals surface area contributed by atoms with E-state index in [4.69, 9.17) is 0 Å². The molecule has 1 N–H and O–H groups in total. The molecule has 0 saturated heterocycles.